The van der Waals surface area contributed by atoms with Gasteiger partial charge in [-0.15, -0.1) is 0 Å². The molecule has 2 aliphatic rings. The highest BCUT2D eigenvalue weighted by Crippen LogP contribution is 2.36. The summed E-state index contributed by atoms with van der Waals surface area (Å²) in [5, 5.41) is 0. The van der Waals surface area contributed by atoms with Crippen molar-refractivity contribution in [2.45, 2.75) is 38.9 Å². The molecule has 0 N–H and O–H groups in total. The number of carbonyl (C=O) groups is 1. The molecule has 0 aliphatic carbocycles. The monoisotopic (exact) mass is 346 g/mol. The summed E-state index contributed by atoms with van der Waals surface area (Å²) in [6, 6.07) is 8.30. The molecule has 0 aromatic heterocycles. The average Bonchev–Trinajstić information content (AvgIpc) is 2.82. The normalized spacial score (nSPS) is 22.2. The summed E-state index contributed by atoms with van der Waals surface area (Å²) < 4.78 is 17.0. The van der Waals surface area contributed by atoms with Gasteiger partial charge >= 0.3 is 13.2 Å². The molecule has 0 atom stereocenters. The molecular weight excluding hydrogens is 319 g/mol. The van der Waals surface area contributed by atoms with Crippen LogP contribution in [0.15, 0.2) is 24.3 Å². The van der Waals surface area contributed by atoms with Crippen molar-refractivity contribution < 1.29 is 18.8 Å². The van der Waals surface area contributed by atoms with Gasteiger partial charge in [-0.05, 0) is 45.3 Å². The molecule has 3 rings (SSSR count). The van der Waals surface area contributed by atoms with Gasteiger partial charge in [0.1, 0.15) is 0 Å². The molecule has 0 radical (unpaired) electrons. The van der Waals surface area contributed by atoms with Gasteiger partial charge in [-0.2, -0.15) is 0 Å². The lowest BCUT2D eigenvalue weighted by atomic mass is 9.79. The Morgan fingerprint density at radius 3 is 2.00 bits per heavy atom. The first-order valence-corrected chi connectivity index (χ1v) is 8.77. The van der Waals surface area contributed by atoms with Gasteiger partial charge in [0.25, 0.3) is 0 Å². The summed E-state index contributed by atoms with van der Waals surface area (Å²) >= 11 is 0. The van der Waals surface area contributed by atoms with Crippen molar-refractivity contribution >= 4 is 24.4 Å². The van der Waals surface area contributed by atoms with Gasteiger partial charge in [0.2, 0.25) is 0 Å². The number of amides is 1. The summed E-state index contributed by atoms with van der Waals surface area (Å²) in [7, 11) is 1.08. The second kappa shape index (κ2) is 6.54. The summed E-state index contributed by atoms with van der Waals surface area (Å²) in [4.78, 5) is 15.6. The number of piperazine rings is 1. The Balaban J connectivity index is 1.63. The van der Waals surface area contributed by atoms with Crippen molar-refractivity contribution in [3.8, 4) is 0 Å². The number of carbonyl (C=O) groups excluding carboxylic acids is 1. The third kappa shape index (κ3) is 3.48. The van der Waals surface area contributed by atoms with Gasteiger partial charge in [-0.1, -0.05) is 12.1 Å². The van der Waals surface area contributed by atoms with Crippen LogP contribution in [0.2, 0.25) is 0 Å². The fraction of sp³-hybridized carbons (Fsp3) is 0.611. The van der Waals surface area contributed by atoms with Gasteiger partial charge in [0.15, 0.2) is 0 Å². The molecule has 1 amide bonds. The fourth-order valence-corrected chi connectivity index (χ4v) is 3.10. The topological polar surface area (TPSA) is 51.2 Å². The van der Waals surface area contributed by atoms with Crippen LogP contribution in [0.25, 0.3) is 0 Å². The second-order valence-corrected chi connectivity index (χ2v) is 7.62. The van der Waals surface area contributed by atoms with E-state index in [2.05, 4.69) is 56.9 Å². The maximum atomic E-state index is 11.6. The molecule has 7 heteroatoms. The van der Waals surface area contributed by atoms with E-state index in [1.54, 1.807) is 4.90 Å². The largest absolute Gasteiger partial charge is 0.494 e. The van der Waals surface area contributed by atoms with Crippen LogP contribution in [0.5, 0.6) is 0 Å². The van der Waals surface area contributed by atoms with Gasteiger partial charge in [-0.25, -0.2) is 4.79 Å². The van der Waals surface area contributed by atoms with Crippen molar-refractivity contribution in [2.75, 3.05) is 38.2 Å². The highest BCUT2D eigenvalue weighted by atomic mass is 16.7. The van der Waals surface area contributed by atoms with Crippen LogP contribution in [-0.4, -0.2) is 62.6 Å². The molecule has 2 heterocycles. The predicted molar refractivity (Wildman–Crippen MR) is 98.3 cm³/mol. The molecule has 2 fully saturated rings. The van der Waals surface area contributed by atoms with Gasteiger partial charge in [0, 0.05) is 31.9 Å². The number of ether oxygens (including phenoxy) is 1. The zero-order valence-electron chi connectivity index (χ0n) is 15.7. The number of anilines is 1. The smallest absolute Gasteiger partial charge is 0.453 e. The Morgan fingerprint density at radius 2 is 1.52 bits per heavy atom. The summed E-state index contributed by atoms with van der Waals surface area (Å²) in [5.41, 5.74) is 1.50. The molecule has 1 aromatic carbocycles. The first-order chi connectivity index (χ1) is 11.7. The van der Waals surface area contributed by atoms with E-state index in [0.29, 0.717) is 13.1 Å². The number of hydrogen-bond donors (Lipinski definition) is 0. The molecule has 0 bridgehead atoms. The van der Waals surface area contributed by atoms with E-state index in [0.717, 1.165) is 24.2 Å². The average molecular weight is 346 g/mol. The molecule has 0 unspecified atom stereocenters. The van der Waals surface area contributed by atoms with E-state index in [4.69, 9.17) is 14.0 Å². The number of nitrogens with zero attached hydrogens (tertiary/aromatic N) is 2. The highest BCUT2D eigenvalue weighted by molar-refractivity contribution is 6.62. The van der Waals surface area contributed by atoms with Crippen molar-refractivity contribution in [2.24, 2.45) is 0 Å². The Kier molecular flexibility index (Phi) is 4.73. The number of rotatable bonds is 2. The lowest BCUT2D eigenvalue weighted by Gasteiger charge is -2.35. The zero-order valence-corrected chi connectivity index (χ0v) is 15.7. The zero-order chi connectivity index (χ0) is 18.2. The van der Waals surface area contributed by atoms with Crippen LogP contribution in [0.3, 0.4) is 0 Å². The minimum atomic E-state index is -0.338. The quantitative estimate of drug-likeness (QED) is 0.766. The number of hydrogen-bond acceptors (Lipinski definition) is 5. The Morgan fingerprint density at radius 1 is 1.00 bits per heavy atom. The lowest BCUT2D eigenvalue weighted by Crippen LogP contribution is -2.48. The summed E-state index contributed by atoms with van der Waals surface area (Å²) in [5.74, 6) is 0. The highest BCUT2D eigenvalue weighted by Gasteiger charge is 2.51. The van der Waals surface area contributed by atoms with Crippen molar-refractivity contribution in [1.29, 1.82) is 0 Å². The van der Waals surface area contributed by atoms with E-state index in [9.17, 15) is 4.79 Å². The minimum absolute atomic E-state index is 0.254. The third-order valence-corrected chi connectivity index (χ3v) is 5.50. The molecule has 0 spiro atoms. The molecule has 25 heavy (non-hydrogen) atoms. The number of benzene rings is 1. The Labute approximate surface area is 150 Å². The van der Waals surface area contributed by atoms with Crippen LogP contribution < -0.4 is 10.4 Å². The second-order valence-electron chi connectivity index (χ2n) is 7.62. The minimum Gasteiger partial charge on any atom is -0.453 e. The SMILES string of the molecule is COC(=O)N1CCN(c2ccc(B3OC(C)(C)C(C)(C)O3)cc2)CC1. The Bertz CT molecular complexity index is 608. The van der Waals surface area contributed by atoms with Crippen molar-refractivity contribution in [3.05, 3.63) is 24.3 Å². The van der Waals surface area contributed by atoms with E-state index in [1.807, 2.05) is 0 Å². The van der Waals surface area contributed by atoms with E-state index in [1.165, 1.54) is 7.11 Å². The van der Waals surface area contributed by atoms with Crippen LogP contribution >= 0.6 is 0 Å². The first-order valence-electron chi connectivity index (χ1n) is 8.77. The van der Waals surface area contributed by atoms with Crippen LogP contribution in [0, 0.1) is 0 Å². The molecule has 2 aliphatic heterocycles. The molecule has 1 aromatic rings. The van der Waals surface area contributed by atoms with E-state index >= 15 is 0 Å². The number of methoxy groups -OCH3 is 1. The molecular formula is C18H27BN2O4. The predicted octanol–water partition coefficient (Wildman–Crippen LogP) is 1.87. The third-order valence-electron chi connectivity index (χ3n) is 5.50. The maximum absolute atomic E-state index is 11.6. The molecule has 136 valence electrons. The van der Waals surface area contributed by atoms with E-state index < -0.39 is 0 Å². The van der Waals surface area contributed by atoms with Crippen molar-refractivity contribution in [1.82, 2.24) is 4.90 Å². The first kappa shape index (κ1) is 18.1. The van der Waals surface area contributed by atoms with Crippen LogP contribution in [-0.2, 0) is 14.0 Å². The Hall–Kier alpha value is -1.73. The van der Waals surface area contributed by atoms with Crippen LogP contribution in [0.4, 0.5) is 10.5 Å². The summed E-state index contributed by atoms with van der Waals surface area (Å²) in [6.45, 7) is 11.2. The molecule has 6 nitrogen and oxygen atoms in total. The maximum Gasteiger partial charge on any atom is 0.494 e. The van der Waals surface area contributed by atoms with Gasteiger partial charge in [0.05, 0.1) is 18.3 Å². The molecule has 0 saturated carbocycles. The molecule has 2 saturated heterocycles. The van der Waals surface area contributed by atoms with Crippen molar-refractivity contribution in [3.63, 3.8) is 0 Å². The standard InChI is InChI=1S/C18H27BN2O4/c1-17(2)18(3,4)25-19(24-17)14-6-8-15(9-7-14)20-10-12-21(13-11-20)16(22)23-5/h6-9H,10-13H2,1-5H3. The lowest BCUT2D eigenvalue weighted by molar-refractivity contribution is 0.00578. The fourth-order valence-electron chi connectivity index (χ4n) is 3.10. The van der Waals surface area contributed by atoms with E-state index in [-0.39, 0.29) is 24.4 Å². The summed E-state index contributed by atoms with van der Waals surface area (Å²) in [6.07, 6.45) is -0.254. The van der Waals surface area contributed by atoms with Gasteiger partial charge < -0.3 is 23.8 Å². The van der Waals surface area contributed by atoms with Gasteiger partial charge in [-0.3, -0.25) is 0 Å². The van der Waals surface area contributed by atoms with Crippen LogP contribution in [0.1, 0.15) is 27.7 Å².